The largest absolute Gasteiger partial charge is 0.497 e. The van der Waals surface area contributed by atoms with Crippen molar-refractivity contribution in [1.82, 2.24) is 0 Å². The number of fused-ring (bicyclic) bond motifs is 1. The quantitative estimate of drug-likeness (QED) is 0.844. The number of anilines is 1. The van der Waals surface area contributed by atoms with Crippen LogP contribution >= 0.6 is 12.4 Å². The highest BCUT2D eigenvalue weighted by Gasteiger charge is 2.29. The first-order valence-electron chi connectivity index (χ1n) is 4.95. The minimum atomic E-state index is -0.125. The lowest BCUT2D eigenvalue weighted by Gasteiger charge is -2.07. The van der Waals surface area contributed by atoms with E-state index < -0.39 is 0 Å². The van der Waals surface area contributed by atoms with E-state index in [2.05, 4.69) is 5.32 Å². The van der Waals surface area contributed by atoms with Crippen molar-refractivity contribution in [1.29, 1.82) is 0 Å². The zero-order valence-electron chi connectivity index (χ0n) is 9.03. The molecule has 1 atom stereocenters. The van der Waals surface area contributed by atoms with Crippen molar-refractivity contribution in [3.05, 3.63) is 23.8 Å². The molecule has 0 saturated carbocycles. The summed E-state index contributed by atoms with van der Waals surface area (Å²) in [6, 6.07) is 5.60. The number of hydrogen-bond acceptors (Lipinski definition) is 3. The van der Waals surface area contributed by atoms with Crippen molar-refractivity contribution in [2.45, 2.75) is 12.3 Å². The summed E-state index contributed by atoms with van der Waals surface area (Å²) in [6.45, 7) is 0.509. The molecule has 1 amide bonds. The molecule has 2 rings (SSSR count). The van der Waals surface area contributed by atoms with Gasteiger partial charge in [0.25, 0.3) is 0 Å². The van der Waals surface area contributed by atoms with Gasteiger partial charge in [-0.2, -0.15) is 0 Å². The van der Waals surface area contributed by atoms with E-state index in [1.165, 1.54) is 0 Å². The number of methoxy groups -OCH3 is 1. The third kappa shape index (κ3) is 2.13. The van der Waals surface area contributed by atoms with Crippen LogP contribution in [0.4, 0.5) is 5.69 Å². The van der Waals surface area contributed by atoms with Gasteiger partial charge in [0.1, 0.15) is 5.75 Å². The lowest BCUT2D eigenvalue weighted by atomic mass is 9.97. The van der Waals surface area contributed by atoms with Gasteiger partial charge in [-0.3, -0.25) is 4.79 Å². The van der Waals surface area contributed by atoms with E-state index in [9.17, 15) is 4.79 Å². The standard InChI is InChI=1S/C11H14N2O2.ClH/c1-15-7-2-3-10-9(6-7)8(4-5-12)11(14)13-10;/h2-3,6,8H,4-5,12H2,1H3,(H,13,14);1H. The summed E-state index contributed by atoms with van der Waals surface area (Å²) in [6.07, 6.45) is 0.673. The minimum Gasteiger partial charge on any atom is -0.497 e. The maximum atomic E-state index is 11.6. The molecule has 1 aliphatic rings. The number of amides is 1. The predicted octanol–water partition coefficient (Wildman–Crippen LogP) is 1.50. The van der Waals surface area contributed by atoms with Gasteiger partial charge in [-0.15, -0.1) is 12.4 Å². The summed E-state index contributed by atoms with van der Waals surface area (Å²) in [4.78, 5) is 11.6. The van der Waals surface area contributed by atoms with Crippen LogP contribution in [-0.2, 0) is 4.79 Å². The molecule has 1 heterocycles. The molecule has 0 fully saturated rings. The van der Waals surface area contributed by atoms with Crippen molar-refractivity contribution >= 4 is 24.0 Å². The van der Waals surface area contributed by atoms with Crippen LogP contribution in [0.2, 0.25) is 0 Å². The number of carbonyl (C=O) groups is 1. The normalized spacial score (nSPS) is 17.4. The predicted molar refractivity (Wildman–Crippen MR) is 65.3 cm³/mol. The van der Waals surface area contributed by atoms with E-state index in [1.54, 1.807) is 7.11 Å². The van der Waals surface area contributed by atoms with Gasteiger partial charge >= 0.3 is 0 Å². The lowest BCUT2D eigenvalue weighted by molar-refractivity contribution is -0.117. The fourth-order valence-electron chi connectivity index (χ4n) is 1.88. The number of nitrogens with two attached hydrogens (primary N) is 1. The number of halogens is 1. The van der Waals surface area contributed by atoms with E-state index in [0.717, 1.165) is 17.0 Å². The fraction of sp³-hybridized carbons (Fsp3) is 0.364. The Morgan fingerprint density at radius 2 is 2.25 bits per heavy atom. The van der Waals surface area contributed by atoms with Crippen molar-refractivity contribution in [3.8, 4) is 5.75 Å². The summed E-state index contributed by atoms with van der Waals surface area (Å²) >= 11 is 0. The lowest BCUT2D eigenvalue weighted by Crippen LogP contribution is -2.15. The molecule has 4 nitrogen and oxygen atoms in total. The van der Waals surface area contributed by atoms with Crippen molar-refractivity contribution in [3.63, 3.8) is 0 Å². The van der Waals surface area contributed by atoms with Crippen LogP contribution in [0.3, 0.4) is 0 Å². The van der Waals surface area contributed by atoms with E-state index in [4.69, 9.17) is 10.5 Å². The summed E-state index contributed by atoms with van der Waals surface area (Å²) < 4.78 is 5.13. The number of hydrogen-bond donors (Lipinski definition) is 2. The highest BCUT2D eigenvalue weighted by Crippen LogP contribution is 2.36. The Morgan fingerprint density at radius 1 is 1.50 bits per heavy atom. The molecule has 1 aliphatic heterocycles. The van der Waals surface area contributed by atoms with E-state index >= 15 is 0 Å². The first kappa shape index (κ1) is 12.8. The van der Waals surface area contributed by atoms with Crippen molar-refractivity contribution < 1.29 is 9.53 Å². The Bertz CT molecular complexity index is 396. The molecule has 88 valence electrons. The molecular weight excluding hydrogens is 228 g/mol. The molecule has 0 aliphatic carbocycles. The molecular formula is C11H15ClN2O2. The van der Waals surface area contributed by atoms with Crippen LogP contribution < -0.4 is 15.8 Å². The second-order valence-electron chi connectivity index (χ2n) is 3.57. The second-order valence-corrected chi connectivity index (χ2v) is 3.57. The number of rotatable bonds is 3. The molecule has 1 aromatic rings. The summed E-state index contributed by atoms with van der Waals surface area (Å²) in [5.74, 6) is 0.677. The van der Waals surface area contributed by atoms with Crippen LogP contribution in [0.1, 0.15) is 17.9 Å². The Morgan fingerprint density at radius 3 is 2.88 bits per heavy atom. The maximum absolute atomic E-state index is 11.6. The number of ether oxygens (including phenoxy) is 1. The number of carbonyl (C=O) groups excluding carboxylic acids is 1. The smallest absolute Gasteiger partial charge is 0.232 e. The molecule has 0 radical (unpaired) electrons. The SMILES string of the molecule is COc1ccc2c(c1)C(CCN)C(=O)N2.Cl. The van der Waals surface area contributed by atoms with Gasteiger partial charge in [-0.1, -0.05) is 0 Å². The van der Waals surface area contributed by atoms with E-state index in [0.29, 0.717) is 13.0 Å². The Labute approximate surface area is 101 Å². The maximum Gasteiger partial charge on any atom is 0.232 e. The molecule has 0 bridgehead atoms. The van der Waals surface area contributed by atoms with Crippen LogP contribution in [0.15, 0.2) is 18.2 Å². The molecule has 5 heteroatoms. The van der Waals surface area contributed by atoms with Gasteiger partial charge in [0.2, 0.25) is 5.91 Å². The van der Waals surface area contributed by atoms with Crippen LogP contribution in [0.25, 0.3) is 0 Å². The first-order chi connectivity index (χ1) is 7.26. The zero-order chi connectivity index (χ0) is 10.8. The van der Waals surface area contributed by atoms with Crippen LogP contribution in [-0.4, -0.2) is 19.6 Å². The average Bonchev–Trinajstić information content (AvgIpc) is 2.55. The topological polar surface area (TPSA) is 64.3 Å². The number of nitrogens with one attached hydrogen (secondary N) is 1. The average molecular weight is 243 g/mol. The summed E-state index contributed by atoms with van der Waals surface area (Å²) in [5, 5.41) is 2.83. The van der Waals surface area contributed by atoms with Gasteiger partial charge in [0, 0.05) is 5.69 Å². The van der Waals surface area contributed by atoms with Gasteiger partial charge in [-0.05, 0) is 36.7 Å². The summed E-state index contributed by atoms with van der Waals surface area (Å²) in [7, 11) is 1.61. The van der Waals surface area contributed by atoms with Gasteiger partial charge in [0.15, 0.2) is 0 Å². The van der Waals surface area contributed by atoms with Crippen LogP contribution in [0.5, 0.6) is 5.75 Å². The minimum absolute atomic E-state index is 0. The van der Waals surface area contributed by atoms with Gasteiger partial charge in [0.05, 0.1) is 13.0 Å². The van der Waals surface area contributed by atoms with Crippen molar-refractivity contribution in [2.75, 3.05) is 19.0 Å². The monoisotopic (exact) mass is 242 g/mol. The molecule has 1 aromatic carbocycles. The Kier molecular flexibility index (Phi) is 4.15. The van der Waals surface area contributed by atoms with E-state index in [-0.39, 0.29) is 24.2 Å². The highest BCUT2D eigenvalue weighted by molar-refractivity contribution is 6.03. The van der Waals surface area contributed by atoms with Crippen LogP contribution in [0, 0.1) is 0 Å². The van der Waals surface area contributed by atoms with Gasteiger partial charge in [-0.25, -0.2) is 0 Å². The molecule has 0 saturated heterocycles. The molecule has 3 N–H and O–H groups in total. The third-order valence-corrected chi connectivity index (χ3v) is 2.66. The highest BCUT2D eigenvalue weighted by atomic mass is 35.5. The fourth-order valence-corrected chi connectivity index (χ4v) is 1.88. The van der Waals surface area contributed by atoms with Gasteiger partial charge < -0.3 is 15.8 Å². The summed E-state index contributed by atoms with van der Waals surface area (Å²) in [5.41, 5.74) is 7.35. The Hall–Kier alpha value is -1.26. The van der Waals surface area contributed by atoms with E-state index in [1.807, 2.05) is 18.2 Å². The third-order valence-electron chi connectivity index (χ3n) is 2.66. The zero-order valence-corrected chi connectivity index (χ0v) is 9.84. The number of benzene rings is 1. The Balaban J connectivity index is 0.00000128. The molecule has 1 unspecified atom stereocenters. The molecule has 16 heavy (non-hydrogen) atoms. The molecule has 0 aromatic heterocycles. The second kappa shape index (κ2) is 5.18. The van der Waals surface area contributed by atoms with Crippen molar-refractivity contribution in [2.24, 2.45) is 5.73 Å². The first-order valence-corrected chi connectivity index (χ1v) is 4.95. The molecule has 0 spiro atoms.